The Morgan fingerprint density at radius 3 is 2.36 bits per heavy atom. The summed E-state index contributed by atoms with van der Waals surface area (Å²) in [5, 5.41) is 42.7. The van der Waals surface area contributed by atoms with Gasteiger partial charge in [0.05, 0.1) is 18.3 Å². The van der Waals surface area contributed by atoms with Gasteiger partial charge >= 0.3 is 0 Å². The van der Waals surface area contributed by atoms with Crippen LogP contribution >= 0.6 is 0 Å². The van der Waals surface area contributed by atoms with Crippen molar-refractivity contribution in [2.75, 3.05) is 0 Å². The van der Waals surface area contributed by atoms with Gasteiger partial charge in [-0.25, -0.2) is 0 Å². The number of terminal acetylenes is 1. The van der Waals surface area contributed by atoms with Gasteiger partial charge in [-0.3, -0.25) is 0 Å². The van der Waals surface area contributed by atoms with Crippen LogP contribution in [0.4, 0.5) is 0 Å². The van der Waals surface area contributed by atoms with E-state index in [0.717, 1.165) is 32.1 Å². The van der Waals surface area contributed by atoms with Crippen LogP contribution in [0.25, 0.3) is 0 Å². The summed E-state index contributed by atoms with van der Waals surface area (Å²) >= 11 is 0. The van der Waals surface area contributed by atoms with Crippen LogP contribution in [-0.2, 0) is 0 Å². The molecule has 0 aliphatic heterocycles. The summed E-state index contributed by atoms with van der Waals surface area (Å²) in [4.78, 5) is 0. The van der Waals surface area contributed by atoms with Crippen LogP contribution in [0.1, 0.15) is 58.8 Å². The van der Waals surface area contributed by atoms with Crippen molar-refractivity contribution in [2.45, 2.75) is 82.7 Å². The van der Waals surface area contributed by atoms with Crippen molar-refractivity contribution in [3.8, 4) is 12.3 Å². The summed E-state index contributed by atoms with van der Waals surface area (Å²) in [6.45, 7) is 4.35. The molecule has 0 saturated heterocycles. The van der Waals surface area contributed by atoms with Crippen LogP contribution in [-0.4, -0.2) is 44.3 Å². The molecule has 4 N–H and O–H groups in total. The predicted molar refractivity (Wildman–Crippen MR) is 94.3 cm³/mol. The number of aliphatic hydroxyl groups is 4. The van der Waals surface area contributed by atoms with Crippen molar-refractivity contribution in [1.29, 1.82) is 0 Å². The second-order valence-electron chi connectivity index (χ2n) is 9.84. The zero-order chi connectivity index (χ0) is 18.2. The number of rotatable bonds is 0. The first kappa shape index (κ1) is 17.8. The molecule has 0 aromatic heterocycles. The van der Waals surface area contributed by atoms with Crippen LogP contribution in [0.2, 0.25) is 0 Å². The summed E-state index contributed by atoms with van der Waals surface area (Å²) in [7, 11) is 0. The first-order chi connectivity index (χ1) is 11.7. The Morgan fingerprint density at radius 1 is 0.960 bits per heavy atom. The highest BCUT2D eigenvalue weighted by molar-refractivity contribution is 5.27. The lowest BCUT2D eigenvalue weighted by molar-refractivity contribution is -0.186. The quantitative estimate of drug-likeness (QED) is 0.502. The summed E-state index contributed by atoms with van der Waals surface area (Å²) in [6.07, 6.45) is 9.57. The average molecular weight is 348 g/mol. The molecule has 10 atom stereocenters. The van der Waals surface area contributed by atoms with Crippen LogP contribution < -0.4 is 0 Å². The third kappa shape index (κ3) is 2.10. The summed E-state index contributed by atoms with van der Waals surface area (Å²) in [5.41, 5.74) is -1.91. The van der Waals surface area contributed by atoms with Crippen LogP contribution in [0.15, 0.2) is 0 Å². The molecule has 4 fully saturated rings. The molecule has 4 aliphatic rings. The van der Waals surface area contributed by atoms with Crippen LogP contribution in [0.3, 0.4) is 0 Å². The molecule has 4 unspecified atom stereocenters. The normalized spacial score (nSPS) is 60.9. The molecular weight excluding hydrogens is 316 g/mol. The van der Waals surface area contributed by atoms with Gasteiger partial charge in [-0.1, -0.05) is 19.8 Å². The fourth-order valence-electron chi connectivity index (χ4n) is 7.49. The monoisotopic (exact) mass is 348 g/mol. The number of fused-ring (bicyclic) bond motifs is 5. The van der Waals surface area contributed by atoms with E-state index in [2.05, 4.69) is 12.8 Å². The third-order valence-electron chi connectivity index (χ3n) is 9.10. The van der Waals surface area contributed by atoms with Gasteiger partial charge in [-0.15, -0.1) is 6.42 Å². The molecule has 140 valence electrons. The van der Waals surface area contributed by atoms with Crippen molar-refractivity contribution in [1.82, 2.24) is 0 Å². The second kappa shape index (κ2) is 5.45. The van der Waals surface area contributed by atoms with Gasteiger partial charge in [0.2, 0.25) is 0 Å². The lowest BCUT2D eigenvalue weighted by atomic mass is 9.43. The topological polar surface area (TPSA) is 80.9 Å². The first-order valence-electron chi connectivity index (χ1n) is 9.91. The molecule has 0 aromatic rings. The molecule has 0 bridgehead atoms. The van der Waals surface area contributed by atoms with Crippen molar-refractivity contribution < 1.29 is 20.4 Å². The molecule has 0 radical (unpaired) electrons. The number of hydrogen-bond donors (Lipinski definition) is 4. The molecule has 4 rings (SSSR count). The van der Waals surface area contributed by atoms with E-state index in [1.807, 2.05) is 6.92 Å². The van der Waals surface area contributed by atoms with Gasteiger partial charge in [0.25, 0.3) is 0 Å². The minimum Gasteiger partial charge on any atom is -0.393 e. The molecule has 0 aromatic carbocycles. The minimum absolute atomic E-state index is 0.0434. The van der Waals surface area contributed by atoms with Crippen molar-refractivity contribution in [2.24, 2.45) is 34.5 Å². The smallest absolute Gasteiger partial charge is 0.156 e. The minimum atomic E-state index is -1.50. The van der Waals surface area contributed by atoms with Crippen LogP contribution in [0.5, 0.6) is 0 Å². The van der Waals surface area contributed by atoms with Crippen molar-refractivity contribution >= 4 is 0 Å². The van der Waals surface area contributed by atoms with E-state index in [1.54, 1.807) is 0 Å². The highest BCUT2D eigenvalue weighted by Crippen LogP contribution is 2.68. The second-order valence-corrected chi connectivity index (χ2v) is 9.84. The molecule has 4 saturated carbocycles. The molecule has 25 heavy (non-hydrogen) atoms. The van der Waals surface area contributed by atoms with E-state index in [-0.39, 0.29) is 23.4 Å². The molecule has 0 spiro atoms. The summed E-state index contributed by atoms with van der Waals surface area (Å²) < 4.78 is 0. The van der Waals surface area contributed by atoms with Crippen molar-refractivity contribution in [3.63, 3.8) is 0 Å². The maximum Gasteiger partial charge on any atom is 0.156 e. The maximum absolute atomic E-state index is 11.0. The van der Waals surface area contributed by atoms with Gasteiger partial charge < -0.3 is 20.4 Å². The van der Waals surface area contributed by atoms with E-state index in [0.29, 0.717) is 24.7 Å². The highest BCUT2D eigenvalue weighted by atomic mass is 16.3. The molecule has 4 nitrogen and oxygen atoms in total. The van der Waals surface area contributed by atoms with Gasteiger partial charge in [0, 0.05) is 5.41 Å². The lowest BCUT2D eigenvalue weighted by Crippen LogP contribution is -2.60. The number of aliphatic hydroxyl groups excluding tert-OH is 3. The Morgan fingerprint density at radius 2 is 1.68 bits per heavy atom. The third-order valence-corrected chi connectivity index (χ3v) is 9.10. The molecule has 0 amide bonds. The fourth-order valence-corrected chi connectivity index (χ4v) is 7.49. The van der Waals surface area contributed by atoms with E-state index < -0.39 is 23.2 Å². The Hall–Kier alpha value is -0.600. The highest BCUT2D eigenvalue weighted by Gasteiger charge is 2.68. The summed E-state index contributed by atoms with van der Waals surface area (Å²) in [6, 6.07) is 0. The Balaban J connectivity index is 1.72. The SMILES string of the molecule is C#C[C@]1(O)[C@H](O)CC2C3C(O)C[C@@H]4C[C@H](O)CC[C@]4(C)C3CC[C@@]21C. The average Bonchev–Trinajstić information content (AvgIpc) is 2.77. The van der Waals surface area contributed by atoms with E-state index >= 15 is 0 Å². The first-order valence-corrected chi connectivity index (χ1v) is 9.91. The zero-order valence-electron chi connectivity index (χ0n) is 15.4. The van der Waals surface area contributed by atoms with Gasteiger partial charge in [-0.2, -0.15) is 0 Å². The van der Waals surface area contributed by atoms with E-state index in [4.69, 9.17) is 6.42 Å². The predicted octanol–water partition coefficient (Wildman–Crippen LogP) is 1.70. The molecular formula is C21H32O4. The maximum atomic E-state index is 11.0. The van der Waals surface area contributed by atoms with Gasteiger partial charge in [-0.05, 0) is 74.0 Å². The molecule has 4 heteroatoms. The Kier molecular flexibility index (Phi) is 3.88. The van der Waals surface area contributed by atoms with Crippen molar-refractivity contribution in [3.05, 3.63) is 0 Å². The fraction of sp³-hybridized carbons (Fsp3) is 0.905. The van der Waals surface area contributed by atoms with E-state index in [1.165, 1.54) is 0 Å². The Labute approximate surface area is 150 Å². The Bertz CT molecular complexity index is 599. The standard InChI is InChI=1S/C21H32O4/c1-4-21(25)17(24)11-15-18-14(6-8-20(15,21)3)19(2)7-5-13(22)9-12(19)10-16(18)23/h1,12-18,22-25H,5-11H2,2-3H3/t12-,13+,14?,15?,16?,17+,18?,19-,20-,21-/m0/s1. The zero-order valence-corrected chi connectivity index (χ0v) is 15.4. The van der Waals surface area contributed by atoms with Gasteiger partial charge in [0.15, 0.2) is 5.60 Å². The molecule has 4 aliphatic carbocycles. The van der Waals surface area contributed by atoms with Gasteiger partial charge in [0.1, 0.15) is 0 Å². The van der Waals surface area contributed by atoms with Crippen LogP contribution in [0, 0.1) is 46.8 Å². The van der Waals surface area contributed by atoms with E-state index in [9.17, 15) is 20.4 Å². The lowest BCUT2D eigenvalue weighted by Gasteiger charge is -2.62. The largest absolute Gasteiger partial charge is 0.393 e. The summed E-state index contributed by atoms with van der Waals surface area (Å²) in [5.74, 6) is 3.35. The molecule has 0 heterocycles. The number of hydrogen-bond acceptors (Lipinski definition) is 4.